The molecule has 80 valence electrons. The number of amidine groups is 1. The van der Waals surface area contributed by atoms with Gasteiger partial charge in [0.05, 0.1) is 11.6 Å². The van der Waals surface area contributed by atoms with Gasteiger partial charge in [-0.05, 0) is 18.2 Å². The van der Waals surface area contributed by atoms with E-state index in [9.17, 15) is 8.42 Å². The van der Waals surface area contributed by atoms with Crippen molar-refractivity contribution in [2.45, 2.75) is 4.90 Å². The number of sulfonamides is 1. The van der Waals surface area contributed by atoms with E-state index in [-0.39, 0.29) is 16.6 Å². The van der Waals surface area contributed by atoms with Crippen molar-refractivity contribution in [1.29, 1.82) is 0 Å². The maximum Gasteiger partial charge on any atom is 0.286 e. The number of hydrogen-bond donors (Lipinski definition) is 1. The number of rotatable bonds is 1. The third-order valence-corrected chi connectivity index (χ3v) is 3.72. The highest BCUT2D eigenvalue weighted by Gasteiger charge is 2.24. The Balaban J connectivity index is 2.64. The van der Waals surface area contributed by atoms with Crippen LogP contribution >= 0.6 is 23.2 Å². The fraction of sp³-hybridized carbons (Fsp3) is 0.125. The predicted molar refractivity (Wildman–Crippen MR) is 60.4 cm³/mol. The van der Waals surface area contributed by atoms with Gasteiger partial charge in [-0.25, -0.2) is 0 Å². The van der Waals surface area contributed by atoms with Crippen molar-refractivity contribution in [3.63, 3.8) is 0 Å². The summed E-state index contributed by atoms with van der Waals surface area (Å²) >= 11 is 11.3. The number of benzene rings is 1. The summed E-state index contributed by atoms with van der Waals surface area (Å²) < 4.78 is 26.8. The third kappa shape index (κ3) is 1.95. The number of hydrogen-bond acceptors (Lipinski definition) is 3. The summed E-state index contributed by atoms with van der Waals surface area (Å²) in [6.45, 7) is 0. The maximum absolute atomic E-state index is 11.6. The van der Waals surface area contributed by atoms with E-state index in [1.54, 1.807) is 0 Å². The molecular formula is C8H6Cl2N2O2S. The molecule has 0 saturated heterocycles. The van der Waals surface area contributed by atoms with Gasteiger partial charge in [-0.15, -0.1) is 16.0 Å². The van der Waals surface area contributed by atoms with Gasteiger partial charge in [-0.1, -0.05) is 11.6 Å². The zero-order chi connectivity index (χ0) is 11.1. The Labute approximate surface area is 97.0 Å². The number of fused-ring (bicyclic) bond motifs is 1. The second kappa shape index (κ2) is 3.66. The molecule has 1 aromatic rings. The van der Waals surface area contributed by atoms with Crippen LogP contribution in [-0.4, -0.2) is 20.1 Å². The number of halogens is 2. The van der Waals surface area contributed by atoms with Gasteiger partial charge in [0.1, 0.15) is 10.7 Å². The zero-order valence-corrected chi connectivity index (χ0v) is 9.70. The Morgan fingerprint density at radius 2 is 2.13 bits per heavy atom. The number of nitrogens with one attached hydrogen (secondary N) is 1. The molecule has 1 aliphatic heterocycles. The third-order valence-electron chi connectivity index (χ3n) is 1.86. The molecule has 7 heteroatoms. The van der Waals surface area contributed by atoms with Crippen LogP contribution in [0.4, 0.5) is 5.69 Å². The zero-order valence-electron chi connectivity index (χ0n) is 7.37. The van der Waals surface area contributed by atoms with Gasteiger partial charge in [0.15, 0.2) is 0 Å². The molecule has 1 aromatic carbocycles. The lowest BCUT2D eigenvalue weighted by Crippen LogP contribution is -2.22. The van der Waals surface area contributed by atoms with Crippen molar-refractivity contribution in [2.24, 2.45) is 4.40 Å². The van der Waals surface area contributed by atoms with Crippen molar-refractivity contribution in [3.8, 4) is 0 Å². The van der Waals surface area contributed by atoms with Crippen LogP contribution in [0, 0.1) is 0 Å². The summed E-state index contributed by atoms with van der Waals surface area (Å²) in [5.41, 5.74) is 0.410. The van der Waals surface area contributed by atoms with Crippen LogP contribution in [0.2, 0.25) is 5.02 Å². The lowest BCUT2D eigenvalue weighted by atomic mass is 10.3. The summed E-state index contributed by atoms with van der Waals surface area (Å²) in [6.07, 6.45) is 0. The normalized spacial score (nSPS) is 17.6. The highest BCUT2D eigenvalue weighted by atomic mass is 35.5. The van der Waals surface area contributed by atoms with Crippen LogP contribution in [-0.2, 0) is 10.0 Å². The van der Waals surface area contributed by atoms with Crippen LogP contribution < -0.4 is 5.32 Å². The van der Waals surface area contributed by atoms with Crippen molar-refractivity contribution in [1.82, 2.24) is 0 Å². The molecule has 0 fully saturated rings. The molecule has 0 spiro atoms. The standard InChI is InChI=1S/C8H6Cl2N2O2S/c9-4-8-11-6-3-5(10)1-2-7(6)15(13,14)12-8/h1-3H,4H2,(H,11,12). The second-order valence-electron chi connectivity index (χ2n) is 2.91. The van der Waals surface area contributed by atoms with Gasteiger partial charge in [-0.3, -0.25) is 0 Å². The topological polar surface area (TPSA) is 58.5 Å². The van der Waals surface area contributed by atoms with E-state index in [1.807, 2.05) is 0 Å². The summed E-state index contributed by atoms with van der Waals surface area (Å²) in [4.78, 5) is 0.112. The van der Waals surface area contributed by atoms with Crippen LogP contribution in [0.15, 0.2) is 27.5 Å². The fourth-order valence-electron chi connectivity index (χ4n) is 1.26. The van der Waals surface area contributed by atoms with Crippen molar-refractivity contribution in [2.75, 3.05) is 11.2 Å². The van der Waals surface area contributed by atoms with Crippen LogP contribution in [0.25, 0.3) is 0 Å². The lowest BCUT2D eigenvalue weighted by Gasteiger charge is -2.16. The summed E-state index contributed by atoms with van der Waals surface area (Å²) in [5.74, 6) is 0.206. The summed E-state index contributed by atoms with van der Waals surface area (Å²) in [7, 11) is -3.64. The first-order chi connectivity index (χ1) is 7.03. The maximum atomic E-state index is 11.6. The van der Waals surface area contributed by atoms with Crippen molar-refractivity contribution < 1.29 is 8.42 Å². The molecule has 0 atom stereocenters. The van der Waals surface area contributed by atoms with E-state index >= 15 is 0 Å². The highest BCUT2D eigenvalue weighted by molar-refractivity contribution is 7.90. The van der Waals surface area contributed by atoms with E-state index in [0.29, 0.717) is 10.7 Å². The van der Waals surface area contributed by atoms with Crippen molar-refractivity contribution >= 4 is 44.7 Å². The SMILES string of the molecule is O=S1(=O)N=C(CCl)Nc2cc(Cl)ccc21. The van der Waals surface area contributed by atoms with Crippen LogP contribution in [0.1, 0.15) is 0 Å². The molecule has 1 heterocycles. The van der Waals surface area contributed by atoms with Gasteiger partial charge < -0.3 is 5.32 Å². The Morgan fingerprint density at radius 3 is 2.80 bits per heavy atom. The molecule has 4 nitrogen and oxygen atoms in total. The second-order valence-corrected chi connectivity index (χ2v) is 5.19. The molecule has 0 saturated carbocycles. The Kier molecular flexibility index (Phi) is 2.62. The number of alkyl halides is 1. The minimum atomic E-state index is -3.64. The molecular weight excluding hydrogens is 259 g/mol. The molecule has 1 N–H and O–H groups in total. The molecule has 0 aliphatic carbocycles. The van der Waals surface area contributed by atoms with E-state index < -0.39 is 10.0 Å². The average Bonchev–Trinajstić information content (AvgIpc) is 2.15. The first kappa shape index (κ1) is 10.7. The van der Waals surface area contributed by atoms with Crippen molar-refractivity contribution in [3.05, 3.63) is 23.2 Å². The van der Waals surface area contributed by atoms with Crippen LogP contribution in [0.5, 0.6) is 0 Å². The van der Waals surface area contributed by atoms with E-state index in [0.717, 1.165) is 0 Å². The first-order valence-electron chi connectivity index (χ1n) is 3.99. The first-order valence-corrected chi connectivity index (χ1v) is 6.34. The summed E-state index contributed by atoms with van der Waals surface area (Å²) in [5, 5.41) is 3.25. The van der Waals surface area contributed by atoms with Crippen LogP contribution in [0.3, 0.4) is 0 Å². The minimum Gasteiger partial charge on any atom is -0.341 e. The van der Waals surface area contributed by atoms with Gasteiger partial charge in [0.25, 0.3) is 10.0 Å². The predicted octanol–water partition coefficient (Wildman–Crippen LogP) is 2.09. The monoisotopic (exact) mass is 264 g/mol. The van der Waals surface area contributed by atoms with E-state index in [4.69, 9.17) is 23.2 Å². The Bertz CT molecular complexity index is 540. The van der Waals surface area contributed by atoms with Gasteiger partial charge in [0, 0.05) is 5.02 Å². The Morgan fingerprint density at radius 1 is 1.40 bits per heavy atom. The molecule has 0 radical (unpaired) electrons. The number of anilines is 1. The highest BCUT2D eigenvalue weighted by Crippen LogP contribution is 2.29. The van der Waals surface area contributed by atoms with Gasteiger partial charge in [0.2, 0.25) is 0 Å². The summed E-state index contributed by atoms with van der Waals surface area (Å²) in [6, 6.07) is 4.44. The molecule has 0 aromatic heterocycles. The fourth-order valence-corrected chi connectivity index (χ4v) is 2.75. The minimum absolute atomic E-state index is 0.00514. The molecule has 1 aliphatic rings. The van der Waals surface area contributed by atoms with E-state index in [1.165, 1.54) is 18.2 Å². The lowest BCUT2D eigenvalue weighted by molar-refractivity contribution is 0.598. The Hall–Kier alpha value is -0.780. The van der Waals surface area contributed by atoms with E-state index in [2.05, 4.69) is 9.71 Å². The van der Waals surface area contributed by atoms with Gasteiger partial charge >= 0.3 is 0 Å². The quantitative estimate of drug-likeness (QED) is 0.791. The molecule has 2 rings (SSSR count). The molecule has 0 unspecified atom stereocenters. The average molecular weight is 265 g/mol. The smallest absolute Gasteiger partial charge is 0.286 e. The molecule has 15 heavy (non-hydrogen) atoms. The largest absolute Gasteiger partial charge is 0.341 e. The molecule has 0 bridgehead atoms. The molecule has 0 amide bonds. The number of nitrogens with zero attached hydrogens (tertiary/aromatic N) is 1. The van der Waals surface area contributed by atoms with Gasteiger partial charge in [-0.2, -0.15) is 8.42 Å².